The lowest BCUT2D eigenvalue weighted by molar-refractivity contribution is -0.385. The molecule has 0 saturated heterocycles. The number of nitrogens with one attached hydrogen (secondary N) is 1. The highest BCUT2D eigenvalue weighted by molar-refractivity contribution is 6.31. The predicted octanol–water partition coefficient (Wildman–Crippen LogP) is 2.96. The first-order chi connectivity index (χ1) is 12.4. The number of anilines is 1. The molecule has 3 rings (SSSR count). The van der Waals surface area contributed by atoms with Crippen molar-refractivity contribution in [2.45, 2.75) is 19.4 Å². The average Bonchev–Trinajstić information content (AvgIpc) is 3.00. The SMILES string of the molecule is CCNC(=O)C1Cc2ccccc2N1C(=O)c1cc(Cl)ccc1[N+](=O)[O-]. The summed E-state index contributed by atoms with van der Waals surface area (Å²) in [4.78, 5) is 37.7. The van der Waals surface area contributed by atoms with Crippen LogP contribution in [0.4, 0.5) is 11.4 Å². The summed E-state index contributed by atoms with van der Waals surface area (Å²) in [5.74, 6) is -0.929. The Morgan fingerprint density at radius 2 is 2.04 bits per heavy atom. The standard InChI is InChI=1S/C18H16ClN3O4/c1-2-20-17(23)16-9-11-5-3-4-6-14(11)21(16)18(24)13-10-12(19)7-8-15(13)22(25)26/h3-8,10,16H,2,9H2,1H3,(H,20,23). The van der Waals surface area contributed by atoms with Gasteiger partial charge in [0.1, 0.15) is 11.6 Å². The molecule has 2 amide bonds. The zero-order valence-corrected chi connectivity index (χ0v) is 14.7. The molecule has 0 fully saturated rings. The zero-order chi connectivity index (χ0) is 18.8. The van der Waals surface area contributed by atoms with Gasteiger partial charge in [-0.2, -0.15) is 0 Å². The Labute approximate surface area is 154 Å². The van der Waals surface area contributed by atoms with Crippen LogP contribution in [0.3, 0.4) is 0 Å². The Hall–Kier alpha value is -2.93. The van der Waals surface area contributed by atoms with Crippen molar-refractivity contribution in [3.05, 3.63) is 68.7 Å². The number of nitro benzene ring substituents is 1. The van der Waals surface area contributed by atoms with Crippen molar-refractivity contribution in [2.75, 3.05) is 11.4 Å². The van der Waals surface area contributed by atoms with Crippen LogP contribution < -0.4 is 10.2 Å². The number of rotatable bonds is 4. The molecule has 0 saturated carbocycles. The third-order valence-electron chi connectivity index (χ3n) is 4.23. The van der Waals surface area contributed by atoms with Gasteiger partial charge in [0.2, 0.25) is 5.91 Å². The molecule has 1 atom stereocenters. The van der Waals surface area contributed by atoms with Gasteiger partial charge in [0.05, 0.1) is 4.92 Å². The van der Waals surface area contributed by atoms with Crippen LogP contribution in [0.15, 0.2) is 42.5 Å². The molecule has 1 aliphatic heterocycles. The summed E-state index contributed by atoms with van der Waals surface area (Å²) < 4.78 is 0. The number of carbonyl (C=O) groups excluding carboxylic acids is 2. The normalized spacial score (nSPS) is 15.5. The zero-order valence-electron chi connectivity index (χ0n) is 13.9. The van der Waals surface area contributed by atoms with E-state index in [-0.39, 0.29) is 22.2 Å². The first-order valence-electron chi connectivity index (χ1n) is 8.07. The number of nitro groups is 1. The number of para-hydroxylation sites is 1. The van der Waals surface area contributed by atoms with Gasteiger partial charge >= 0.3 is 0 Å². The van der Waals surface area contributed by atoms with E-state index in [0.29, 0.717) is 18.7 Å². The number of halogens is 1. The molecule has 0 bridgehead atoms. The Morgan fingerprint density at radius 3 is 2.73 bits per heavy atom. The Kier molecular flexibility index (Phi) is 4.90. The average molecular weight is 374 g/mol. The highest BCUT2D eigenvalue weighted by Gasteiger charge is 2.40. The number of hydrogen-bond acceptors (Lipinski definition) is 4. The Morgan fingerprint density at radius 1 is 1.31 bits per heavy atom. The highest BCUT2D eigenvalue weighted by Crippen LogP contribution is 2.35. The summed E-state index contributed by atoms with van der Waals surface area (Å²) >= 11 is 5.95. The van der Waals surface area contributed by atoms with E-state index >= 15 is 0 Å². The van der Waals surface area contributed by atoms with Crippen LogP contribution in [0, 0.1) is 10.1 Å². The summed E-state index contributed by atoms with van der Waals surface area (Å²) in [6.07, 6.45) is 0.349. The number of amides is 2. The second-order valence-electron chi connectivity index (χ2n) is 5.84. The molecule has 8 heteroatoms. The smallest absolute Gasteiger partial charge is 0.282 e. The fourth-order valence-electron chi connectivity index (χ4n) is 3.11. The topological polar surface area (TPSA) is 92.6 Å². The summed E-state index contributed by atoms with van der Waals surface area (Å²) in [5.41, 5.74) is 0.914. The number of benzene rings is 2. The number of carbonyl (C=O) groups is 2. The Bertz CT molecular complexity index is 900. The van der Waals surface area contributed by atoms with Crippen LogP contribution >= 0.6 is 11.6 Å². The van der Waals surface area contributed by atoms with Crippen LogP contribution in [-0.4, -0.2) is 29.3 Å². The monoisotopic (exact) mass is 373 g/mol. The lowest BCUT2D eigenvalue weighted by Gasteiger charge is -2.24. The highest BCUT2D eigenvalue weighted by atomic mass is 35.5. The Balaban J connectivity index is 2.10. The molecule has 1 heterocycles. The van der Waals surface area contributed by atoms with E-state index in [2.05, 4.69) is 5.32 Å². The van der Waals surface area contributed by atoms with Crippen LogP contribution in [0.25, 0.3) is 0 Å². The number of fused-ring (bicyclic) bond motifs is 1. The molecule has 2 aromatic carbocycles. The molecular weight excluding hydrogens is 358 g/mol. The van der Waals surface area contributed by atoms with Crippen LogP contribution in [0.1, 0.15) is 22.8 Å². The summed E-state index contributed by atoms with van der Waals surface area (Å²) in [6.45, 7) is 2.21. The van der Waals surface area contributed by atoms with Crippen molar-refractivity contribution in [3.63, 3.8) is 0 Å². The van der Waals surface area contributed by atoms with Crippen molar-refractivity contribution >= 4 is 34.8 Å². The molecule has 0 aromatic heterocycles. The first kappa shape index (κ1) is 17.9. The molecule has 1 unspecified atom stereocenters. The maximum Gasteiger partial charge on any atom is 0.282 e. The largest absolute Gasteiger partial charge is 0.355 e. The predicted molar refractivity (Wildman–Crippen MR) is 97.5 cm³/mol. The van der Waals surface area contributed by atoms with Gasteiger partial charge in [-0.15, -0.1) is 0 Å². The molecule has 0 spiro atoms. The number of likely N-dealkylation sites (N-methyl/N-ethyl adjacent to an activating group) is 1. The second-order valence-corrected chi connectivity index (χ2v) is 6.27. The van der Waals surface area contributed by atoms with Crippen molar-refractivity contribution in [1.29, 1.82) is 0 Å². The molecule has 1 aliphatic rings. The molecule has 2 aromatic rings. The minimum atomic E-state index is -0.765. The second kappa shape index (κ2) is 7.13. The lowest BCUT2D eigenvalue weighted by atomic mass is 10.1. The number of hydrogen-bond donors (Lipinski definition) is 1. The van der Waals surface area contributed by atoms with Gasteiger partial charge in [0.15, 0.2) is 0 Å². The minimum absolute atomic E-state index is 0.145. The summed E-state index contributed by atoms with van der Waals surface area (Å²) in [6, 6.07) is 10.2. The van der Waals surface area contributed by atoms with E-state index in [1.165, 1.54) is 23.1 Å². The number of nitrogens with zero attached hydrogens (tertiary/aromatic N) is 2. The van der Waals surface area contributed by atoms with Crippen molar-refractivity contribution in [3.8, 4) is 0 Å². The molecule has 134 valence electrons. The molecule has 7 nitrogen and oxygen atoms in total. The van der Waals surface area contributed by atoms with Crippen LogP contribution in [-0.2, 0) is 11.2 Å². The maximum atomic E-state index is 13.2. The van der Waals surface area contributed by atoms with Gasteiger partial charge in [-0.25, -0.2) is 0 Å². The van der Waals surface area contributed by atoms with E-state index in [1.54, 1.807) is 19.1 Å². The summed E-state index contributed by atoms with van der Waals surface area (Å²) in [5, 5.41) is 14.3. The summed E-state index contributed by atoms with van der Waals surface area (Å²) in [7, 11) is 0. The third-order valence-corrected chi connectivity index (χ3v) is 4.47. The van der Waals surface area contributed by atoms with E-state index in [4.69, 9.17) is 11.6 Å². The van der Waals surface area contributed by atoms with Gasteiger partial charge in [-0.3, -0.25) is 24.6 Å². The quantitative estimate of drug-likeness (QED) is 0.658. The van der Waals surface area contributed by atoms with E-state index < -0.39 is 16.9 Å². The van der Waals surface area contributed by atoms with E-state index in [0.717, 1.165) is 5.56 Å². The van der Waals surface area contributed by atoms with Crippen LogP contribution in [0.5, 0.6) is 0 Å². The van der Waals surface area contributed by atoms with Gasteiger partial charge in [-0.05, 0) is 30.7 Å². The lowest BCUT2D eigenvalue weighted by Crippen LogP contribution is -2.48. The molecule has 0 aliphatic carbocycles. The van der Waals surface area contributed by atoms with Crippen molar-refractivity contribution in [1.82, 2.24) is 5.32 Å². The van der Waals surface area contributed by atoms with Gasteiger partial charge in [0.25, 0.3) is 11.6 Å². The molecule has 1 N–H and O–H groups in total. The minimum Gasteiger partial charge on any atom is -0.355 e. The molecule has 26 heavy (non-hydrogen) atoms. The van der Waals surface area contributed by atoms with Crippen molar-refractivity contribution < 1.29 is 14.5 Å². The maximum absolute atomic E-state index is 13.2. The first-order valence-corrected chi connectivity index (χ1v) is 8.45. The fraction of sp³-hybridized carbons (Fsp3) is 0.222. The van der Waals surface area contributed by atoms with Crippen molar-refractivity contribution in [2.24, 2.45) is 0 Å². The van der Waals surface area contributed by atoms with Gasteiger partial charge in [-0.1, -0.05) is 29.8 Å². The molecule has 0 radical (unpaired) electrons. The van der Waals surface area contributed by atoms with Gasteiger partial charge < -0.3 is 5.32 Å². The van der Waals surface area contributed by atoms with E-state index in [9.17, 15) is 19.7 Å². The fourth-order valence-corrected chi connectivity index (χ4v) is 3.28. The third kappa shape index (κ3) is 3.13. The molecular formula is C18H16ClN3O4. The van der Waals surface area contributed by atoms with Gasteiger partial charge in [0, 0.05) is 29.7 Å². The van der Waals surface area contributed by atoms with Crippen LogP contribution in [0.2, 0.25) is 5.02 Å². The van der Waals surface area contributed by atoms with E-state index in [1.807, 2.05) is 12.1 Å².